The zero-order valence-corrected chi connectivity index (χ0v) is 17.4. The zero-order chi connectivity index (χ0) is 21.0. The molecule has 3 nitrogen and oxygen atoms in total. The average Bonchev–Trinajstić information content (AvgIpc) is 3.28. The van der Waals surface area contributed by atoms with Crippen LogP contribution in [0, 0.1) is 0 Å². The van der Waals surface area contributed by atoms with Crippen molar-refractivity contribution in [3.63, 3.8) is 0 Å². The maximum Gasteiger partial charge on any atom is 0.138 e. The first-order chi connectivity index (χ1) is 15.3. The molecule has 5 rings (SSSR count). The van der Waals surface area contributed by atoms with Gasteiger partial charge in [0.05, 0.1) is 11.4 Å². The third-order valence-corrected chi connectivity index (χ3v) is 5.22. The second kappa shape index (κ2) is 8.50. The van der Waals surface area contributed by atoms with Crippen LogP contribution in [0.5, 0.6) is 11.5 Å². The molecule has 0 atom stereocenters. The maximum atomic E-state index is 6.00. The molecule has 0 unspecified atom stereocenters. The number of hydrogen-bond donors (Lipinski definition) is 1. The Balaban J connectivity index is 1.55. The number of aromatic nitrogens is 2. The lowest BCUT2D eigenvalue weighted by atomic mass is 10.1. The molecule has 0 amide bonds. The SMILES string of the molecule is Clc1ccc(Oc2cccc(-c3nc(-c4ccccc4)c(-c4ccccc4)[nH]3)c2)cc1. The Bertz CT molecular complexity index is 1240. The van der Waals surface area contributed by atoms with Gasteiger partial charge in [-0.15, -0.1) is 0 Å². The van der Waals surface area contributed by atoms with Crippen LogP contribution in [0.1, 0.15) is 0 Å². The second-order valence-corrected chi connectivity index (χ2v) is 7.56. The molecule has 5 aromatic rings. The molecule has 0 aliphatic rings. The molecule has 0 bridgehead atoms. The molecule has 1 N–H and O–H groups in total. The van der Waals surface area contributed by atoms with E-state index in [2.05, 4.69) is 29.2 Å². The van der Waals surface area contributed by atoms with E-state index in [-0.39, 0.29) is 0 Å². The first-order valence-electron chi connectivity index (χ1n) is 10.0. The van der Waals surface area contributed by atoms with E-state index in [1.807, 2.05) is 84.9 Å². The number of aromatic amines is 1. The third kappa shape index (κ3) is 4.23. The van der Waals surface area contributed by atoms with E-state index in [9.17, 15) is 0 Å². The number of ether oxygens (including phenoxy) is 1. The summed E-state index contributed by atoms with van der Waals surface area (Å²) in [5.74, 6) is 2.26. The molecule has 0 spiro atoms. The van der Waals surface area contributed by atoms with E-state index in [1.165, 1.54) is 0 Å². The summed E-state index contributed by atoms with van der Waals surface area (Å²) in [7, 11) is 0. The van der Waals surface area contributed by atoms with Gasteiger partial charge in [0.25, 0.3) is 0 Å². The predicted molar refractivity (Wildman–Crippen MR) is 126 cm³/mol. The van der Waals surface area contributed by atoms with Crippen molar-refractivity contribution in [3.05, 3.63) is 114 Å². The summed E-state index contributed by atoms with van der Waals surface area (Å²) >= 11 is 5.97. The lowest BCUT2D eigenvalue weighted by Crippen LogP contribution is -1.86. The Morgan fingerprint density at radius 1 is 0.613 bits per heavy atom. The topological polar surface area (TPSA) is 37.9 Å². The number of nitrogens with zero attached hydrogens (tertiary/aromatic N) is 1. The van der Waals surface area contributed by atoms with Crippen molar-refractivity contribution >= 4 is 11.6 Å². The highest BCUT2D eigenvalue weighted by Gasteiger charge is 2.15. The minimum atomic E-state index is 0.679. The van der Waals surface area contributed by atoms with E-state index < -0.39 is 0 Å². The summed E-state index contributed by atoms with van der Waals surface area (Å²) in [6.45, 7) is 0. The lowest BCUT2D eigenvalue weighted by Gasteiger charge is -2.07. The van der Waals surface area contributed by atoms with Crippen LogP contribution in [0.3, 0.4) is 0 Å². The number of hydrogen-bond acceptors (Lipinski definition) is 2. The highest BCUT2D eigenvalue weighted by atomic mass is 35.5. The van der Waals surface area contributed by atoms with Crippen molar-refractivity contribution in [3.8, 4) is 45.4 Å². The Morgan fingerprint density at radius 2 is 1.26 bits per heavy atom. The van der Waals surface area contributed by atoms with Gasteiger partial charge in [-0.3, -0.25) is 0 Å². The van der Waals surface area contributed by atoms with Crippen molar-refractivity contribution in [1.82, 2.24) is 9.97 Å². The average molecular weight is 423 g/mol. The number of H-pyrrole nitrogens is 1. The summed E-state index contributed by atoms with van der Waals surface area (Å²) in [6, 6.07) is 35.7. The Labute approximate surface area is 186 Å². The van der Waals surface area contributed by atoms with E-state index >= 15 is 0 Å². The summed E-state index contributed by atoms with van der Waals surface area (Å²) in [6.07, 6.45) is 0. The molecule has 1 aromatic heterocycles. The van der Waals surface area contributed by atoms with E-state index in [1.54, 1.807) is 0 Å². The molecule has 0 saturated carbocycles. The molecule has 0 fully saturated rings. The molecular formula is C27H19ClN2O. The van der Waals surface area contributed by atoms with E-state index in [0.717, 1.165) is 45.4 Å². The fraction of sp³-hybridized carbons (Fsp3) is 0. The molecule has 1 heterocycles. The van der Waals surface area contributed by atoms with Crippen molar-refractivity contribution in [2.45, 2.75) is 0 Å². The zero-order valence-electron chi connectivity index (χ0n) is 16.6. The van der Waals surface area contributed by atoms with Gasteiger partial charge >= 0.3 is 0 Å². The third-order valence-electron chi connectivity index (χ3n) is 4.97. The van der Waals surface area contributed by atoms with Gasteiger partial charge in [0.2, 0.25) is 0 Å². The van der Waals surface area contributed by atoms with Gasteiger partial charge in [0.15, 0.2) is 0 Å². The molecule has 0 aliphatic carbocycles. The number of benzene rings is 4. The molecule has 150 valence electrons. The lowest BCUT2D eigenvalue weighted by molar-refractivity contribution is 0.483. The van der Waals surface area contributed by atoms with Gasteiger partial charge in [0, 0.05) is 21.7 Å². The van der Waals surface area contributed by atoms with Gasteiger partial charge in [0.1, 0.15) is 17.3 Å². The van der Waals surface area contributed by atoms with Gasteiger partial charge in [-0.1, -0.05) is 84.4 Å². The molecule has 0 radical (unpaired) electrons. The second-order valence-electron chi connectivity index (χ2n) is 7.12. The van der Waals surface area contributed by atoms with Crippen molar-refractivity contribution in [2.24, 2.45) is 0 Å². The van der Waals surface area contributed by atoms with Gasteiger partial charge in [-0.05, 0) is 36.4 Å². The standard InChI is InChI=1S/C27H19ClN2O/c28-22-14-16-23(17-15-22)31-24-13-7-12-21(18-24)27-29-25(19-8-3-1-4-9-19)26(30-27)20-10-5-2-6-11-20/h1-18H,(H,29,30). The van der Waals surface area contributed by atoms with Crippen molar-refractivity contribution in [1.29, 1.82) is 0 Å². The van der Waals surface area contributed by atoms with Crippen LogP contribution in [-0.4, -0.2) is 9.97 Å². The first-order valence-corrected chi connectivity index (χ1v) is 10.4. The van der Waals surface area contributed by atoms with Crippen LogP contribution in [0.2, 0.25) is 5.02 Å². The maximum absolute atomic E-state index is 6.00. The smallest absolute Gasteiger partial charge is 0.138 e. The summed E-state index contributed by atoms with van der Waals surface area (Å²) in [5, 5.41) is 0.679. The Hall–Kier alpha value is -3.82. The molecule has 0 saturated heterocycles. The minimum Gasteiger partial charge on any atom is -0.457 e. The summed E-state index contributed by atoms with van der Waals surface area (Å²) < 4.78 is 6.00. The van der Waals surface area contributed by atoms with E-state index in [4.69, 9.17) is 21.3 Å². The van der Waals surface area contributed by atoms with Crippen LogP contribution >= 0.6 is 11.6 Å². The fourth-order valence-electron chi connectivity index (χ4n) is 3.47. The number of halogens is 1. The number of rotatable bonds is 5. The number of imidazole rings is 1. The highest BCUT2D eigenvalue weighted by Crippen LogP contribution is 2.34. The molecule has 4 heteroatoms. The monoisotopic (exact) mass is 422 g/mol. The van der Waals surface area contributed by atoms with Gasteiger partial charge < -0.3 is 9.72 Å². The fourth-order valence-corrected chi connectivity index (χ4v) is 3.60. The Kier molecular flexibility index (Phi) is 5.26. The highest BCUT2D eigenvalue weighted by molar-refractivity contribution is 6.30. The normalized spacial score (nSPS) is 10.7. The van der Waals surface area contributed by atoms with Crippen LogP contribution in [-0.2, 0) is 0 Å². The van der Waals surface area contributed by atoms with Crippen LogP contribution in [0.25, 0.3) is 33.9 Å². The predicted octanol–water partition coefficient (Wildman–Crippen LogP) is 7.86. The molecule has 4 aromatic carbocycles. The number of nitrogens with one attached hydrogen (secondary N) is 1. The van der Waals surface area contributed by atoms with Crippen molar-refractivity contribution in [2.75, 3.05) is 0 Å². The molecule has 0 aliphatic heterocycles. The van der Waals surface area contributed by atoms with Crippen LogP contribution in [0.15, 0.2) is 109 Å². The largest absolute Gasteiger partial charge is 0.457 e. The minimum absolute atomic E-state index is 0.679. The quantitative estimate of drug-likeness (QED) is 0.313. The molecule has 31 heavy (non-hydrogen) atoms. The summed E-state index contributed by atoms with van der Waals surface area (Å²) in [5.41, 5.74) is 5.02. The van der Waals surface area contributed by atoms with Crippen LogP contribution < -0.4 is 4.74 Å². The first kappa shape index (κ1) is 19.2. The molecular weight excluding hydrogens is 404 g/mol. The van der Waals surface area contributed by atoms with Gasteiger partial charge in [-0.25, -0.2) is 4.98 Å². The van der Waals surface area contributed by atoms with Crippen molar-refractivity contribution < 1.29 is 4.74 Å². The Morgan fingerprint density at radius 3 is 1.97 bits per heavy atom. The van der Waals surface area contributed by atoms with E-state index in [0.29, 0.717) is 5.02 Å². The van der Waals surface area contributed by atoms with Gasteiger partial charge in [-0.2, -0.15) is 0 Å². The van der Waals surface area contributed by atoms with Crippen LogP contribution in [0.4, 0.5) is 0 Å². The summed E-state index contributed by atoms with van der Waals surface area (Å²) in [4.78, 5) is 8.49.